The third-order valence-corrected chi connectivity index (χ3v) is 8.75. The summed E-state index contributed by atoms with van der Waals surface area (Å²) in [5.74, 6) is -0.950. The molecule has 4 fully saturated rings. The highest BCUT2D eigenvalue weighted by Gasteiger charge is 2.90. The average Bonchev–Trinajstić information content (AvgIpc) is 3.06. The molecule has 4 aliphatic rings. The molecule has 0 unspecified atom stereocenters. The van der Waals surface area contributed by atoms with E-state index in [4.69, 9.17) is 23.4 Å². The predicted molar refractivity (Wildman–Crippen MR) is 105 cm³/mol. The largest absolute Gasteiger partial charge is 0.472 e. The Morgan fingerprint density at radius 3 is 2.53 bits per heavy atom. The van der Waals surface area contributed by atoms with Crippen molar-refractivity contribution in [3.63, 3.8) is 0 Å². The molecule has 1 aromatic heterocycles. The standard InChI is InChI=1S/C23H30O7/c1-15-5-7-22-20(3,18(25)26-4)13-21(28-9-10-29-21)14-23(22,30-22)19(15,2)11-17(24)16-6-8-27-12-16/h6,8,12,15H,5,7,9-11,13-14H2,1-4H3/t15-,19+,20-,22-,23-/m1/s1. The molecule has 30 heavy (non-hydrogen) atoms. The number of epoxide rings is 1. The Hall–Kier alpha value is -1.70. The smallest absolute Gasteiger partial charge is 0.314 e. The average molecular weight is 418 g/mol. The zero-order chi connectivity index (χ0) is 21.4. The first-order valence-electron chi connectivity index (χ1n) is 10.8. The van der Waals surface area contributed by atoms with Gasteiger partial charge in [0.1, 0.15) is 22.9 Å². The van der Waals surface area contributed by atoms with Crippen molar-refractivity contribution in [2.75, 3.05) is 20.3 Å². The molecule has 0 bridgehead atoms. The molecule has 5 atom stereocenters. The number of rotatable bonds is 4. The van der Waals surface area contributed by atoms with Gasteiger partial charge in [0.2, 0.25) is 0 Å². The van der Waals surface area contributed by atoms with Gasteiger partial charge in [0, 0.05) is 24.7 Å². The van der Waals surface area contributed by atoms with E-state index in [1.54, 1.807) is 6.07 Å². The highest BCUT2D eigenvalue weighted by atomic mass is 16.7. The Morgan fingerprint density at radius 2 is 1.90 bits per heavy atom. The lowest BCUT2D eigenvalue weighted by molar-refractivity contribution is -0.227. The summed E-state index contributed by atoms with van der Waals surface area (Å²) in [6, 6.07) is 1.70. The molecular weight excluding hydrogens is 388 g/mol. The van der Waals surface area contributed by atoms with Crippen LogP contribution in [-0.2, 0) is 23.7 Å². The lowest BCUT2D eigenvalue weighted by atomic mass is 9.46. The molecule has 3 heterocycles. The minimum atomic E-state index is -0.912. The number of carbonyl (C=O) groups excluding carboxylic acids is 2. The maximum Gasteiger partial charge on any atom is 0.314 e. The number of methoxy groups -OCH3 is 1. The van der Waals surface area contributed by atoms with Gasteiger partial charge in [-0.15, -0.1) is 0 Å². The van der Waals surface area contributed by atoms with Gasteiger partial charge in [-0.25, -0.2) is 0 Å². The van der Waals surface area contributed by atoms with Gasteiger partial charge in [-0.05, 0) is 31.7 Å². The van der Waals surface area contributed by atoms with Gasteiger partial charge in [-0.3, -0.25) is 9.59 Å². The molecule has 2 saturated heterocycles. The molecule has 1 aromatic rings. The number of Topliss-reactive ketones (excluding diaryl/α,β-unsaturated/α-hetero) is 1. The molecule has 164 valence electrons. The summed E-state index contributed by atoms with van der Waals surface area (Å²) in [5.41, 5.74) is -2.21. The number of hydrogen-bond acceptors (Lipinski definition) is 7. The summed E-state index contributed by atoms with van der Waals surface area (Å²) < 4.78 is 29.3. The number of ketones is 1. The Kier molecular flexibility index (Phi) is 4.16. The van der Waals surface area contributed by atoms with E-state index in [2.05, 4.69) is 13.8 Å². The van der Waals surface area contributed by atoms with Crippen molar-refractivity contribution in [3.8, 4) is 0 Å². The molecule has 5 rings (SSSR count). The highest BCUT2D eigenvalue weighted by Crippen LogP contribution is 2.79. The molecule has 7 heteroatoms. The third-order valence-electron chi connectivity index (χ3n) is 8.75. The van der Waals surface area contributed by atoms with Crippen molar-refractivity contribution in [2.45, 2.75) is 69.9 Å². The van der Waals surface area contributed by atoms with Crippen molar-refractivity contribution in [1.82, 2.24) is 0 Å². The van der Waals surface area contributed by atoms with Crippen LogP contribution in [0, 0.1) is 16.7 Å². The van der Waals surface area contributed by atoms with Gasteiger partial charge in [0.25, 0.3) is 0 Å². The van der Waals surface area contributed by atoms with Crippen LogP contribution >= 0.6 is 0 Å². The van der Waals surface area contributed by atoms with E-state index in [0.29, 0.717) is 38.0 Å². The van der Waals surface area contributed by atoms with Crippen LogP contribution in [0.4, 0.5) is 0 Å². The summed E-state index contributed by atoms with van der Waals surface area (Å²) in [7, 11) is 1.42. The second kappa shape index (κ2) is 6.17. The fourth-order valence-electron chi connectivity index (χ4n) is 6.92. The summed E-state index contributed by atoms with van der Waals surface area (Å²) >= 11 is 0. The molecule has 0 amide bonds. The van der Waals surface area contributed by atoms with E-state index in [1.807, 2.05) is 6.92 Å². The predicted octanol–water partition coefficient (Wildman–Crippen LogP) is 3.51. The van der Waals surface area contributed by atoms with E-state index in [0.717, 1.165) is 12.8 Å². The number of furan rings is 1. The zero-order valence-corrected chi connectivity index (χ0v) is 18.1. The van der Waals surface area contributed by atoms with Crippen LogP contribution in [0.5, 0.6) is 0 Å². The molecular formula is C23H30O7. The van der Waals surface area contributed by atoms with Crippen molar-refractivity contribution in [1.29, 1.82) is 0 Å². The Labute approximate surface area is 176 Å². The van der Waals surface area contributed by atoms with Gasteiger partial charge >= 0.3 is 5.97 Å². The van der Waals surface area contributed by atoms with Crippen LogP contribution in [0.25, 0.3) is 0 Å². The SMILES string of the molecule is COC(=O)[C@@]1(C)CC2(C[C@]34O[C@@]31CC[C@@H](C)[C@]4(C)CC(=O)c1ccoc1)OCCO2. The number of hydrogen-bond donors (Lipinski definition) is 0. The maximum atomic E-state index is 13.2. The first kappa shape index (κ1) is 20.2. The van der Waals surface area contributed by atoms with Crippen LogP contribution in [0.2, 0.25) is 0 Å². The lowest BCUT2D eigenvalue weighted by Gasteiger charge is -2.55. The quantitative estimate of drug-likeness (QED) is 0.420. The van der Waals surface area contributed by atoms with Gasteiger partial charge in [-0.2, -0.15) is 0 Å². The minimum Gasteiger partial charge on any atom is -0.472 e. The lowest BCUT2D eigenvalue weighted by Crippen LogP contribution is -2.65. The van der Waals surface area contributed by atoms with E-state index in [-0.39, 0.29) is 17.7 Å². The van der Waals surface area contributed by atoms with Crippen LogP contribution < -0.4 is 0 Å². The van der Waals surface area contributed by atoms with Crippen LogP contribution in [0.3, 0.4) is 0 Å². The maximum absolute atomic E-state index is 13.2. The number of ether oxygens (including phenoxy) is 4. The fraction of sp³-hybridized carbons (Fsp3) is 0.739. The summed E-state index contributed by atoms with van der Waals surface area (Å²) in [6.07, 6.45) is 5.86. The number of carbonyl (C=O) groups is 2. The molecule has 2 saturated carbocycles. The van der Waals surface area contributed by atoms with Gasteiger partial charge < -0.3 is 23.4 Å². The summed E-state index contributed by atoms with van der Waals surface area (Å²) in [4.78, 5) is 26.3. The molecule has 1 spiro atoms. The Morgan fingerprint density at radius 1 is 1.17 bits per heavy atom. The molecule has 2 aliphatic heterocycles. The van der Waals surface area contributed by atoms with Crippen LogP contribution in [0.1, 0.15) is 63.2 Å². The van der Waals surface area contributed by atoms with E-state index in [1.165, 1.54) is 19.6 Å². The molecule has 2 aliphatic carbocycles. The van der Waals surface area contributed by atoms with Crippen LogP contribution in [-0.4, -0.2) is 49.1 Å². The molecule has 0 aromatic carbocycles. The number of esters is 1. The Balaban J connectivity index is 1.60. The molecule has 0 radical (unpaired) electrons. The normalized spacial score (nSPS) is 43.7. The van der Waals surface area contributed by atoms with Crippen molar-refractivity contribution >= 4 is 11.8 Å². The topological polar surface area (TPSA) is 87.5 Å². The molecule has 0 N–H and O–H groups in total. The van der Waals surface area contributed by atoms with E-state index in [9.17, 15) is 9.59 Å². The second-order valence-corrected chi connectivity index (χ2v) is 10.0. The first-order valence-corrected chi connectivity index (χ1v) is 10.8. The van der Waals surface area contributed by atoms with Crippen LogP contribution in [0.15, 0.2) is 23.0 Å². The van der Waals surface area contributed by atoms with Gasteiger partial charge in [0.15, 0.2) is 11.6 Å². The summed E-state index contributed by atoms with van der Waals surface area (Å²) in [6.45, 7) is 7.19. The first-order chi connectivity index (χ1) is 14.2. The van der Waals surface area contributed by atoms with Gasteiger partial charge in [0.05, 0.1) is 32.2 Å². The highest BCUT2D eigenvalue weighted by molar-refractivity contribution is 5.96. The second-order valence-electron chi connectivity index (χ2n) is 10.0. The third kappa shape index (κ3) is 2.26. The van der Waals surface area contributed by atoms with E-state index >= 15 is 0 Å². The fourth-order valence-corrected chi connectivity index (χ4v) is 6.92. The summed E-state index contributed by atoms with van der Waals surface area (Å²) in [5, 5.41) is 0. The zero-order valence-electron chi connectivity index (χ0n) is 18.1. The minimum absolute atomic E-state index is 0.0198. The van der Waals surface area contributed by atoms with Crippen molar-refractivity contribution in [2.24, 2.45) is 16.7 Å². The van der Waals surface area contributed by atoms with Gasteiger partial charge in [-0.1, -0.05) is 13.8 Å². The molecule has 7 nitrogen and oxygen atoms in total. The van der Waals surface area contributed by atoms with Crippen molar-refractivity contribution in [3.05, 3.63) is 24.2 Å². The Bertz CT molecular complexity index is 872. The van der Waals surface area contributed by atoms with E-state index < -0.39 is 27.8 Å². The monoisotopic (exact) mass is 418 g/mol. The van der Waals surface area contributed by atoms with Crippen molar-refractivity contribution < 1.29 is 33.0 Å².